The fourth-order valence-electron chi connectivity index (χ4n) is 1.84. The van der Waals surface area contributed by atoms with Crippen molar-refractivity contribution < 1.29 is 25.9 Å². The third-order valence-corrected chi connectivity index (χ3v) is 8.59. The number of thioether (sulfide) groups is 1. The van der Waals surface area contributed by atoms with E-state index < -0.39 is 41.2 Å². The van der Waals surface area contributed by atoms with Gasteiger partial charge in [-0.2, -0.15) is 16.8 Å². The number of nitrogens with zero attached hydrogens (tertiary/aromatic N) is 1. The summed E-state index contributed by atoms with van der Waals surface area (Å²) in [5.41, 5.74) is 0.825. The van der Waals surface area contributed by atoms with E-state index in [0.29, 0.717) is 11.4 Å². The lowest BCUT2D eigenvalue weighted by molar-refractivity contribution is 0.479. The molecule has 124 valence electrons. The summed E-state index contributed by atoms with van der Waals surface area (Å²) in [5, 5.41) is 0. The summed E-state index contributed by atoms with van der Waals surface area (Å²) in [4.78, 5) is 0.551. The van der Waals surface area contributed by atoms with E-state index in [2.05, 4.69) is 0 Å². The highest BCUT2D eigenvalue weighted by atomic mass is 127. The largest absolute Gasteiger partial charge is 0.318 e. The Bertz CT molecular complexity index is 818. The van der Waals surface area contributed by atoms with Gasteiger partial charge in [-0.25, -0.2) is 0 Å². The molecule has 0 bridgehead atoms. The van der Waals surface area contributed by atoms with Crippen molar-refractivity contribution in [3.8, 4) is 0 Å². The van der Waals surface area contributed by atoms with Crippen LogP contribution in [0, 0.1) is 0 Å². The second kappa shape index (κ2) is 6.73. The third-order valence-electron chi connectivity index (χ3n) is 2.72. The maximum Gasteiger partial charge on any atom is 0.294 e. The number of halogens is 1. The minimum absolute atomic E-state index is 0.162. The van der Waals surface area contributed by atoms with Crippen LogP contribution in [0.2, 0.25) is 0 Å². The highest BCUT2D eigenvalue weighted by Crippen LogP contribution is 2.42. The lowest BCUT2D eigenvalue weighted by Crippen LogP contribution is -2.19. The van der Waals surface area contributed by atoms with Gasteiger partial charge in [0.25, 0.3) is 20.2 Å². The molecule has 1 aromatic rings. The van der Waals surface area contributed by atoms with Gasteiger partial charge in [0.15, 0.2) is 0 Å². The highest BCUT2D eigenvalue weighted by Gasteiger charge is 2.21. The summed E-state index contributed by atoms with van der Waals surface area (Å²) >= 11 is 0.999. The lowest BCUT2D eigenvalue weighted by atomic mass is 10.3. The molecule has 1 aliphatic rings. The summed E-state index contributed by atoms with van der Waals surface area (Å²) in [7, 11) is -8.23. The Hall–Kier alpha value is -0.210. The van der Waals surface area contributed by atoms with Crippen LogP contribution < -0.4 is 3.11 Å². The normalized spacial score (nSPS) is 15.8. The smallest absolute Gasteiger partial charge is 0.294 e. The van der Waals surface area contributed by atoms with Crippen LogP contribution >= 0.6 is 32.8 Å². The summed E-state index contributed by atoms with van der Waals surface area (Å²) in [6, 6.07) is 4.36. The molecule has 0 saturated carbocycles. The second-order valence-corrected chi connectivity index (χ2v) is 12.7. The van der Waals surface area contributed by atoms with Crippen LogP contribution in [-0.4, -0.2) is 41.1 Å². The van der Waals surface area contributed by atoms with Crippen LogP contribution in [0.25, 0.3) is 0 Å². The highest BCUT2D eigenvalue weighted by molar-refractivity contribution is 14.2. The number of benzene rings is 1. The Morgan fingerprint density at radius 3 is 2.50 bits per heavy atom. The minimum atomic E-state index is -4.25. The van der Waals surface area contributed by atoms with Gasteiger partial charge in [-0.15, -0.1) is 0 Å². The fraction of sp³-hybridized carbons (Fsp3) is 0.364. The number of anilines is 1. The number of hydrogen-bond donors (Lipinski definition) is 2. The van der Waals surface area contributed by atoms with Crippen molar-refractivity contribution in [2.75, 3.05) is 15.4 Å². The van der Waals surface area contributed by atoms with Crippen LogP contribution in [-0.2, 0) is 20.2 Å². The number of fused-ring (bicyclic) bond motifs is 1. The Kier molecular flexibility index (Phi) is 5.54. The van der Waals surface area contributed by atoms with Crippen molar-refractivity contribution in [2.24, 2.45) is 0 Å². The molecule has 1 heterocycles. The first kappa shape index (κ1) is 18.1. The van der Waals surface area contributed by atoms with Gasteiger partial charge < -0.3 is 3.11 Å². The first-order valence-electron chi connectivity index (χ1n) is 6.07. The van der Waals surface area contributed by atoms with Gasteiger partial charge in [0, 0.05) is 35.3 Å². The Morgan fingerprint density at radius 2 is 1.91 bits per heavy atom. The molecule has 2 N–H and O–H groups in total. The SMILES string of the molecule is CC1=IN(CCCS(=O)(=O)O)c2ccc(S(=O)(=O)O)cc2S1. The van der Waals surface area contributed by atoms with E-state index in [9.17, 15) is 16.8 Å². The molecule has 0 unspecified atom stereocenters. The molecule has 0 atom stereocenters. The zero-order chi connectivity index (χ0) is 16.5. The Morgan fingerprint density at radius 1 is 1.23 bits per heavy atom. The van der Waals surface area contributed by atoms with E-state index in [-0.39, 0.29) is 17.1 Å². The second-order valence-electron chi connectivity index (χ2n) is 4.49. The summed E-state index contributed by atoms with van der Waals surface area (Å²) in [5.74, 6) is -0.308. The van der Waals surface area contributed by atoms with Gasteiger partial charge in [-0.1, -0.05) is 11.8 Å². The third kappa shape index (κ3) is 4.89. The molecule has 0 aromatic heterocycles. The van der Waals surface area contributed by atoms with Crippen molar-refractivity contribution in [1.29, 1.82) is 0 Å². The molecule has 0 amide bonds. The maximum absolute atomic E-state index is 11.2. The predicted octanol–water partition coefficient (Wildman–Crippen LogP) is 2.16. The van der Waals surface area contributed by atoms with Crippen molar-refractivity contribution in [3.05, 3.63) is 18.2 Å². The Labute approximate surface area is 143 Å². The molecule has 1 aromatic carbocycles. The van der Waals surface area contributed by atoms with E-state index >= 15 is 0 Å². The maximum atomic E-state index is 11.2. The summed E-state index contributed by atoms with van der Waals surface area (Å²) in [6.45, 7) is 2.40. The van der Waals surface area contributed by atoms with Crippen LogP contribution in [0.5, 0.6) is 0 Å². The minimum Gasteiger partial charge on any atom is -0.318 e. The van der Waals surface area contributed by atoms with Gasteiger partial charge in [-0.3, -0.25) is 9.11 Å². The Balaban J connectivity index is 2.26. The molecule has 7 nitrogen and oxygen atoms in total. The molecule has 0 fully saturated rings. The monoisotopic (exact) mass is 479 g/mol. The van der Waals surface area contributed by atoms with Gasteiger partial charge in [0.1, 0.15) is 0 Å². The van der Waals surface area contributed by atoms with E-state index in [1.165, 1.54) is 23.9 Å². The molecule has 0 radical (unpaired) electrons. The predicted molar refractivity (Wildman–Crippen MR) is 95.2 cm³/mol. The van der Waals surface area contributed by atoms with E-state index in [1.807, 2.05) is 10.0 Å². The van der Waals surface area contributed by atoms with Gasteiger partial charge in [0.2, 0.25) is 0 Å². The lowest BCUT2D eigenvalue weighted by Gasteiger charge is -2.27. The zero-order valence-corrected chi connectivity index (χ0v) is 16.0. The van der Waals surface area contributed by atoms with Crippen LogP contribution in [0.3, 0.4) is 0 Å². The van der Waals surface area contributed by atoms with E-state index in [0.717, 1.165) is 8.53 Å². The van der Waals surface area contributed by atoms with Crippen molar-refractivity contribution >= 4 is 61.5 Å². The van der Waals surface area contributed by atoms with Crippen LogP contribution in [0.15, 0.2) is 28.0 Å². The summed E-state index contributed by atoms with van der Waals surface area (Å²) < 4.78 is 65.0. The van der Waals surface area contributed by atoms with Gasteiger partial charge in [0.05, 0.1) is 16.3 Å². The number of hydrogen-bond acceptors (Lipinski definition) is 6. The van der Waals surface area contributed by atoms with Crippen molar-refractivity contribution in [2.45, 2.75) is 23.1 Å². The van der Waals surface area contributed by atoms with Crippen LogP contribution in [0.1, 0.15) is 13.3 Å². The molecule has 0 spiro atoms. The average molecular weight is 479 g/mol. The molecule has 0 aliphatic carbocycles. The summed E-state index contributed by atoms with van der Waals surface area (Å²) in [6.07, 6.45) is 0.288. The molecule has 0 saturated heterocycles. The molecule has 2 rings (SSSR count). The van der Waals surface area contributed by atoms with E-state index in [4.69, 9.17) is 9.11 Å². The van der Waals surface area contributed by atoms with Crippen LogP contribution in [0.4, 0.5) is 5.69 Å². The van der Waals surface area contributed by atoms with Gasteiger partial charge in [-0.05, 0) is 31.5 Å². The van der Waals surface area contributed by atoms with Crippen molar-refractivity contribution in [1.82, 2.24) is 0 Å². The van der Waals surface area contributed by atoms with E-state index in [1.54, 1.807) is 6.07 Å². The molecular formula is C11H14INO6S3. The average Bonchev–Trinajstić information content (AvgIpc) is 2.35. The quantitative estimate of drug-likeness (QED) is 0.376. The van der Waals surface area contributed by atoms with Crippen molar-refractivity contribution in [3.63, 3.8) is 0 Å². The fourth-order valence-corrected chi connectivity index (χ4v) is 7.54. The first-order valence-corrected chi connectivity index (χ1v) is 12.0. The molecule has 11 heteroatoms. The molecule has 1 aliphatic heterocycles. The standard InChI is InChI=1S/C11H14INO6S3/c1-8-12-13(5-2-6-21(14,15)16)10-4-3-9(22(17,18)19)7-11(10)20-8/h3-4,7H,2,5-6H2,1H3,(H,14,15,16)(H,17,18,19). The zero-order valence-electron chi connectivity index (χ0n) is 11.4. The number of rotatable bonds is 5. The topological polar surface area (TPSA) is 112 Å². The first-order chi connectivity index (χ1) is 10.1. The molecular weight excluding hydrogens is 465 g/mol. The molecule has 22 heavy (non-hydrogen) atoms. The van der Waals surface area contributed by atoms with Gasteiger partial charge >= 0.3 is 0 Å².